The molecule has 24 heavy (non-hydrogen) atoms. The minimum Gasteiger partial charge on any atom is -0.464 e. The lowest BCUT2D eigenvalue weighted by Crippen LogP contribution is -2.40. The van der Waals surface area contributed by atoms with E-state index in [0.29, 0.717) is 30.4 Å². The third-order valence-corrected chi connectivity index (χ3v) is 5.44. The van der Waals surface area contributed by atoms with Crippen LogP contribution in [0.5, 0.6) is 6.01 Å². The standard InChI is InChI=1S/C18H31N5O/c1-2-24-18-21-16(20)11-17(22-18)23-9-5-6-13(12-23)10-15(19)14-7-3-4-8-14/h11,13-15H,2-10,12,19H2,1H3,(H2,20,21,22). The van der Waals surface area contributed by atoms with E-state index in [2.05, 4.69) is 14.9 Å². The Hall–Kier alpha value is -1.56. The Kier molecular flexibility index (Phi) is 5.76. The number of aromatic nitrogens is 2. The maximum Gasteiger partial charge on any atom is 0.320 e. The Bertz CT molecular complexity index is 532. The van der Waals surface area contributed by atoms with E-state index in [0.717, 1.165) is 31.2 Å². The average molecular weight is 333 g/mol. The Labute approximate surface area is 145 Å². The molecule has 2 aliphatic rings. The molecule has 2 fully saturated rings. The largest absolute Gasteiger partial charge is 0.464 e. The van der Waals surface area contributed by atoms with Gasteiger partial charge in [0.15, 0.2) is 0 Å². The second-order valence-corrected chi connectivity index (χ2v) is 7.26. The summed E-state index contributed by atoms with van der Waals surface area (Å²) >= 11 is 0. The lowest BCUT2D eigenvalue weighted by atomic mass is 9.86. The lowest BCUT2D eigenvalue weighted by molar-refractivity contribution is 0.304. The fourth-order valence-electron chi connectivity index (χ4n) is 4.21. The molecular weight excluding hydrogens is 302 g/mol. The molecule has 0 aromatic carbocycles. The van der Waals surface area contributed by atoms with Crippen LogP contribution in [0.25, 0.3) is 0 Å². The fourth-order valence-corrected chi connectivity index (χ4v) is 4.21. The number of anilines is 2. The number of ether oxygens (including phenoxy) is 1. The zero-order valence-corrected chi connectivity index (χ0v) is 14.8. The van der Waals surface area contributed by atoms with Crippen LogP contribution < -0.4 is 21.1 Å². The lowest BCUT2D eigenvalue weighted by Gasteiger charge is -2.35. The molecule has 4 N–H and O–H groups in total. The van der Waals surface area contributed by atoms with Crippen molar-refractivity contribution in [1.29, 1.82) is 0 Å². The third-order valence-electron chi connectivity index (χ3n) is 5.44. The van der Waals surface area contributed by atoms with Gasteiger partial charge in [0.05, 0.1) is 6.61 Å². The van der Waals surface area contributed by atoms with Gasteiger partial charge in [-0.15, -0.1) is 0 Å². The number of hydrogen-bond donors (Lipinski definition) is 2. The monoisotopic (exact) mass is 333 g/mol. The highest BCUT2D eigenvalue weighted by molar-refractivity contribution is 5.48. The van der Waals surface area contributed by atoms with E-state index >= 15 is 0 Å². The molecule has 2 unspecified atom stereocenters. The molecule has 0 radical (unpaired) electrons. The fraction of sp³-hybridized carbons (Fsp3) is 0.778. The summed E-state index contributed by atoms with van der Waals surface area (Å²) < 4.78 is 5.43. The van der Waals surface area contributed by atoms with Crippen molar-refractivity contribution in [3.63, 3.8) is 0 Å². The van der Waals surface area contributed by atoms with Gasteiger partial charge >= 0.3 is 6.01 Å². The van der Waals surface area contributed by atoms with E-state index in [9.17, 15) is 0 Å². The van der Waals surface area contributed by atoms with Crippen LogP contribution in [-0.4, -0.2) is 35.7 Å². The van der Waals surface area contributed by atoms with Crippen LogP contribution >= 0.6 is 0 Å². The second kappa shape index (κ2) is 8.01. The van der Waals surface area contributed by atoms with E-state index < -0.39 is 0 Å². The SMILES string of the molecule is CCOc1nc(N)cc(N2CCCC(CC(N)C3CCCC3)C2)n1. The molecule has 3 rings (SSSR count). The summed E-state index contributed by atoms with van der Waals surface area (Å²) in [5, 5.41) is 0. The van der Waals surface area contributed by atoms with E-state index in [1.165, 1.54) is 38.5 Å². The smallest absolute Gasteiger partial charge is 0.320 e. The summed E-state index contributed by atoms with van der Waals surface area (Å²) in [5.41, 5.74) is 12.4. The van der Waals surface area contributed by atoms with Crippen LogP contribution in [-0.2, 0) is 0 Å². The molecule has 2 heterocycles. The van der Waals surface area contributed by atoms with Gasteiger partial charge in [-0.05, 0) is 50.9 Å². The summed E-state index contributed by atoms with van der Waals surface area (Å²) in [6.07, 6.45) is 8.91. The van der Waals surface area contributed by atoms with E-state index in [1.54, 1.807) is 0 Å². The number of piperidine rings is 1. The number of hydrogen-bond acceptors (Lipinski definition) is 6. The maximum atomic E-state index is 6.50. The summed E-state index contributed by atoms with van der Waals surface area (Å²) in [7, 11) is 0. The molecule has 1 aliphatic carbocycles. The van der Waals surface area contributed by atoms with Gasteiger partial charge in [0, 0.05) is 25.2 Å². The number of nitrogens with zero attached hydrogens (tertiary/aromatic N) is 3. The normalized spacial score (nSPS) is 23.4. The van der Waals surface area contributed by atoms with Gasteiger partial charge in [-0.3, -0.25) is 0 Å². The molecule has 1 saturated heterocycles. The van der Waals surface area contributed by atoms with Gasteiger partial charge in [-0.25, -0.2) is 0 Å². The van der Waals surface area contributed by atoms with Crippen molar-refractivity contribution >= 4 is 11.6 Å². The van der Waals surface area contributed by atoms with Crippen molar-refractivity contribution in [3.05, 3.63) is 6.07 Å². The summed E-state index contributed by atoms with van der Waals surface area (Å²) in [5.74, 6) is 2.72. The highest BCUT2D eigenvalue weighted by Crippen LogP contribution is 2.32. The van der Waals surface area contributed by atoms with E-state index in [1.807, 2.05) is 13.0 Å². The van der Waals surface area contributed by atoms with Crippen molar-refractivity contribution in [2.45, 2.75) is 57.9 Å². The average Bonchev–Trinajstić information content (AvgIpc) is 3.09. The van der Waals surface area contributed by atoms with Gasteiger partial charge in [-0.1, -0.05) is 12.8 Å². The highest BCUT2D eigenvalue weighted by Gasteiger charge is 2.28. The Morgan fingerprint density at radius 3 is 2.79 bits per heavy atom. The number of nitrogens with two attached hydrogens (primary N) is 2. The van der Waals surface area contributed by atoms with Crippen molar-refractivity contribution in [2.75, 3.05) is 30.3 Å². The quantitative estimate of drug-likeness (QED) is 0.831. The zero-order chi connectivity index (χ0) is 16.9. The molecule has 1 aliphatic heterocycles. The first-order valence-corrected chi connectivity index (χ1v) is 9.43. The first-order valence-electron chi connectivity index (χ1n) is 9.43. The molecule has 0 spiro atoms. The summed E-state index contributed by atoms with van der Waals surface area (Å²) in [4.78, 5) is 11.0. The summed E-state index contributed by atoms with van der Waals surface area (Å²) in [6.45, 7) is 4.48. The molecule has 2 atom stereocenters. The first-order chi connectivity index (χ1) is 11.7. The summed E-state index contributed by atoms with van der Waals surface area (Å²) in [6, 6.07) is 2.58. The van der Waals surface area contributed by atoms with Crippen LogP contribution in [0.2, 0.25) is 0 Å². The minimum absolute atomic E-state index is 0.354. The minimum atomic E-state index is 0.354. The van der Waals surface area contributed by atoms with Crippen molar-refractivity contribution in [1.82, 2.24) is 9.97 Å². The van der Waals surface area contributed by atoms with Crippen LogP contribution in [0, 0.1) is 11.8 Å². The Morgan fingerprint density at radius 2 is 2.04 bits per heavy atom. The van der Waals surface area contributed by atoms with Crippen LogP contribution in [0.4, 0.5) is 11.6 Å². The molecule has 0 amide bonds. The molecule has 0 bridgehead atoms. The van der Waals surface area contributed by atoms with Crippen molar-refractivity contribution < 1.29 is 4.74 Å². The van der Waals surface area contributed by atoms with Crippen LogP contribution in [0.15, 0.2) is 6.07 Å². The molecular formula is C18H31N5O. The van der Waals surface area contributed by atoms with Crippen molar-refractivity contribution in [3.8, 4) is 6.01 Å². The maximum absolute atomic E-state index is 6.50. The number of nitrogen functional groups attached to an aromatic ring is 1. The van der Waals surface area contributed by atoms with Crippen LogP contribution in [0.3, 0.4) is 0 Å². The highest BCUT2D eigenvalue weighted by atomic mass is 16.5. The molecule has 1 saturated carbocycles. The van der Waals surface area contributed by atoms with Gasteiger partial charge in [0.25, 0.3) is 0 Å². The molecule has 134 valence electrons. The van der Waals surface area contributed by atoms with Gasteiger partial charge in [0.2, 0.25) is 0 Å². The number of rotatable bonds is 6. The predicted molar refractivity (Wildman–Crippen MR) is 97.1 cm³/mol. The van der Waals surface area contributed by atoms with Gasteiger partial charge in [0.1, 0.15) is 11.6 Å². The third kappa shape index (κ3) is 4.29. The second-order valence-electron chi connectivity index (χ2n) is 7.26. The molecule has 1 aromatic heterocycles. The molecule has 6 heteroatoms. The zero-order valence-electron chi connectivity index (χ0n) is 14.8. The van der Waals surface area contributed by atoms with Gasteiger partial charge < -0.3 is 21.1 Å². The first kappa shape index (κ1) is 17.3. The van der Waals surface area contributed by atoms with Crippen molar-refractivity contribution in [2.24, 2.45) is 17.6 Å². The van der Waals surface area contributed by atoms with E-state index in [4.69, 9.17) is 16.2 Å². The molecule has 6 nitrogen and oxygen atoms in total. The topological polar surface area (TPSA) is 90.3 Å². The predicted octanol–water partition coefficient (Wildman–Crippen LogP) is 2.58. The Balaban J connectivity index is 1.62. The van der Waals surface area contributed by atoms with E-state index in [-0.39, 0.29) is 0 Å². The Morgan fingerprint density at radius 1 is 1.25 bits per heavy atom. The van der Waals surface area contributed by atoms with Gasteiger partial charge in [-0.2, -0.15) is 9.97 Å². The molecule has 1 aromatic rings. The van der Waals surface area contributed by atoms with Crippen LogP contribution in [0.1, 0.15) is 51.9 Å².